The average Bonchev–Trinajstić information content (AvgIpc) is 3.19. The molecule has 158 valence electrons. The van der Waals surface area contributed by atoms with Crippen molar-refractivity contribution in [1.82, 2.24) is 14.9 Å². The zero-order valence-corrected chi connectivity index (χ0v) is 18.1. The Bertz CT molecular complexity index is 775. The molecule has 7 nitrogen and oxygen atoms in total. The standard InChI is InChI=1S/C19H29N3O4S.ClH/c1-22(16-9-11-20-12-10-16)19(23)14-7-8-17(26-2)18(13-14)27(24,25)21-15-5-3-4-6-15;/h7-8,13,15-16,20-21H,3-6,9-12H2,1-2H3;1H. The molecule has 9 heteroatoms. The van der Waals surface area contributed by atoms with Crippen LogP contribution in [0.4, 0.5) is 0 Å². The molecular formula is C19H30ClN3O4S. The van der Waals surface area contributed by atoms with E-state index in [1.54, 1.807) is 24.1 Å². The van der Waals surface area contributed by atoms with Gasteiger partial charge in [0.15, 0.2) is 0 Å². The first-order valence-electron chi connectivity index (χ1n) is 9.60. The number of hydrogen-bond acceptors (Lipinski definition) is 5. The number of carbonyl (C=O) groups excluding carboxylic acids is 1. The molecule has 2 aliphatic rings. The minimum Gasteiger partial charge on any atom is -0.495 e. The van der Waals surface area contributed by atoms with Crippen molar-refractivity contribution in [1.29, 1.82) is 0 Å². The molecule has 2 fully saturated rings. The van der Waals surface area contributed by atoms with Crippen LogP contribution in [0.25, 0.3) is 0 Å². The van der Waals surface area contributed by atoms with Crippen molar-refractivity contribution in [2.45, 2.75) is 55.5 Å². The maximum absolute atomic E-state index is 12.9. The zero-order chi connectivity index (χ0) is 19.4. The number of nitrogens with one attached hydrogen (secondary N) is 2. The smallest absolute Gasteiger partial charge is 0.253 e. The van der Waals surface area contributed by atoms with E-state index in [1.807, 2.05) is 0 Å². The highest BCUT2D eigenvalue weighted by Crippen LogP contribution is 2.28. The Kier molecular flexibility index (Phi) is 8.12. The summed E-state index contributed by atoms with van der Waals surface area (Å²) in [5.41, 5.74) is 0.364. The molecule has 0 unspecified atom stereocenters. The molecule has 1 aliphatic carbocycles. The SMILES string of the molecule is COc1ccc(C(=O)N(C)C2CCNCC2)cc1S(=O)(=O)NC1CCCC1.Cl. The summed E-state index contributed by atoms with van der Waals surface area (Å²) in [6.45, 7) is 1.77. The van der Waals surface area contributed by atoms with Gasteiger partial charge < -0.3 is 15.0 Å². The second-order valence-corrected chi connectivity index (χ2v) is 9.05. The molecule has 0 bridgehead atoms. The normalized spacial score (nSPS) is 18.5. The summed E-state index contributed by atoms with van der Waals surface area (Å²) in [5, 5.41) is 3.28. The van der Waals surface area contributed by atoms with Crippen molar-refractivity contribution < 1.29 is 17.9 Å². The maximum atomic E-state index is 12.9. The number of methoxy groups -OCH3 is 1. The monoisotopic (exact) mass is 431 g/mol. The van der Waals surface area contributed by atoms with Gasteiger partial charge in [-0.1, -0.05) is 12.8 Å². The molecule has 1 aliphatic heterocycles. The predicted molar refractivity (Wildman–Crippen MR) is 111 cm³/mol. The van der Waals surface area contributed by atoms with Crippen LogP contribution >= 0.6 is 12.4 Å². The van der Waals surface area contributed by atoms with Crippen LogP contribution in [0.5, 0.6) is 5.75 Å². The van der Waals surface area contributed by atoms with E-state index < -0.39 is 10.0 Å². The predicted octanol–water partition coefficient (Wildman–Crippen LogP) is 2.16. The Balaban J connectivity index is 0.00000280. The number of halogens is 1. The third-order valence-corrected chi connectivity index (χ3v) is 7.10. The van der Waals surface area contributed by atoms with Crippen LogP contribution in [0, 0.1) is 0 Å². The van der Waals surface area contributed by atoms with E-state index in [0.717, 1.165) is 51.6 Å². The topological polar surface area (TPSA) is 87.7 Å². The van der Waals surface area contributed by atoms with Crippen molar-refractivity contribution >= 4 is 28.3 Å². The Hall–Kier alpha value is -1.35. The fourth-order valence-electron chi connectivity index (χ4n) is 3.91. The van der Waals surface area contributed by atoms with Gasteiger partial charge in [0, 0.05) is 24.7 Å². The molecule has 1 saturated heterocycles. The summed E-state index contributed by atoms with van der Waals surface area (Å²) in [4.78, 5) is 14.7. The Morgan fingerprint density at radius 2 is 1.82 bits per heavy atom. The van der Waals surface area contributed by atoms with Crippen molar-refractivity contribution in [3.63, 3.8) is 0 Å². The first-order valence-corrected chi connectivity index (χ1v) is 11.1. The van der Waals surface area contributed by atoms with Gasteiger partial charge in [0.25, 0.3) is 5.91 Å². The Morgan fingerprint density at radius 3 is 2.43 bits per heavy atom. The van der Waals surface area contributed by atoms with Crippen LogP contribution < -0.4 is 14.8 Å². The van der Waals surface area contributed by atoms with Crippen LogP contribution in [0.3, 0.4) is 0 Å². The molecule has 1 aromatic rings. The molecule has 0 atom stereocenters. The second-order valence-electron chi connectivity index (χ2n) is 7.37. The summed E-state index contributed by atoms with van der Waals surface area (Å²) in [7, 11) is -0.526. The van der Waals surface area contributed by atoms with Crippen LogP contribution in [0.15, 0.2) is 23.1 Å². The first kappa shape index (κ1) is 22.9. The number of sulfonamides is 1. The van der Waals surface area contributed by atoms with Crippen molar-refractivity contribution in [3.05, 3.63) is 23.8 Å². The summed E-state index contributed by atoms with van der Waals surface area (Å²) < 4.78 is 33.8. The van der Waals surface area contributed by atoms with Crippen LogP contribution in [0.2, 0.25) is 0 Å². The number of rotatable bonds is 6. The lowest BCUT2D eigenvalue weighted by molar-refractivity contribution is 0.0703. The third kappa shape index (κ3) is 5.17. The molecule has 1 aromatic carbocycles. The van der Waals surface area contributed by atoms with Crippen LogP contribution in [-0.4, -0.2) is 58.6 Å². The van der Waals surface area contributed by atoms with Crippen LogP contribution in [-0.2, 0) is 10.0 Å². The van der Waals surface area contributed by atoms with E-state index in [4.69, 9.17) is 4.74 Å². The molecular weight excluding hydrogens is 402 g/mol. The lowest BCUT2D eigenvalue weighted by Gasteiger charge is -2.31. The molecule has 3 rings (SSSR count). The summed E-state index contributed by atoms with van der Waals surface area (Å²) in [5.74, 6) is 0.0865. The molecule has 1 amide bonds. The maximum Gasteiger partial charge on any atom is 0.253 e. The highest BCUT2D eigenvalue weighted by Gasteiger charge is 2.28. The van der Waals surface area contributed by atoms with Gasteiger partial charge in [-0.05, 0) is 57.0 Å². The summed E-state index contributed by atoms with van der Waals surface area (Å²) >= 11 is 0. The van der Waals surface area contributed by atoms with E-state index in [1.165, 1.54) is 13.2 Å². The largest absolute Gasteiger partial charge is 0.495 e. The lowest BCUT2D eigenvalue weighted by atomic mass is 10.0. The van der Waals surface area contributed by atoms with E-state index in [-0.39, 0.29) is 41.0 Å². The Morgan fingerprint density at radius 1 is 1.18 bits per heavy atom. The number of ether oxygens (including phenoxy) is 1. The van der Waals surface area contributed by atoms with E-state index in [9.17, 15) is 13.2 Å². The van der Waals surface area contributed by atoms with Gasteiger partial charge in [-0.15, -0.1) is 12.4 Å². The zero-order valence-electron chi connectivity index (χ0n) is 16.4. The highest BCUT2D eigenvalue weighted by atomic mass is 35.5. The third-order valence-electron chi connectivity index (χ3n) is 5.55. The first-order chi connectivity index (χ1) is 12.9. The van der Waals surface area contributed by atoms with Crippen molar-refractivity contribution in [3.8, 4) is 5.75 Å². The molecule has 1 heterocycles. The van der Waals surface area contributed by atoms with E-state index in [0.29, 0.717) is 5.56 Å². The van der Waals surface area contributed by atoms with Gasteiger partial charge >= 0.3 is 0 Å². The van der Waals surface area contributed by atoms with Gasteiger partial charge in [0.05, 0.1) is 7.11 Å². The minimum atomic E-state index is -3.75. The number of piperidine rings is 1. The summed E-state index contributed by atoms with van der Waals surface area (Å²) in [6, 6.07) is 4.75. The van der Waals surface area contributed by atoms with Gasteiger partial charge in [-0.3, -0.25) is 4.79 Å². The molecule has 28 heavy (non-hydrogen) atoms. The number of amides is 1. The number of hydrogen-bond donors (Lipinski definition) is 2. The molecule has 2 N–H and O–H groups in total. The number of nitrogens with zero attached hydrogens (tertiary/aromatic N) is 1. The minimum absolute atomic E-state index is 0. The fraction of sp³-hybridized carbons (Fsp3) is 0.632. The summed E-state index contributed by atoms with van der Waals surface area (Å²) in [6.07, 6.45) is 5.55. The van der Waals surface area contributed by atoms with Gasteiger partial charge in [0.2, 0.25) is 10.0 Å². The van der Waals surface area contributed by atoms with E-state index >= 15 is 0 Å². The molecule has 1 saturated carbocycles. The Labute approximate surface area is 173 Å². The second kappa shape index (κ2) is 9.91. The average molecular weight is 432 g/mol. The fourth-order valence-corrected chi connectivity index (χ4v) is 5.41. The van der Waals surface area contributed by atoms with Crippen LogP contribution in [0.1, 0.15) is 48.9 Å². The molecule has 0 radical (unpaired) electrons. The van der Waals surface area contributed by atoms with Gasteiger partial charge in [0.1, 0.15) is 10.6 Å². The van der Waals surface area contributed by atoms with Crippen molar-refractivity contribution in [2.24, 2.45) is 0 Å². The highest BCUT2D eigenvalue weighted by molar-refractivity contribution is 7.89. The molecule has 0 aromatic heterocycles. The van der Waals surface area contributed by atoms with E-state index in [2.05, 4.69) is 10.0 Å². The lowest BCUT2D eigenvalue weighted by Crippen LogP contribution is -2.44. The van der Waals surface area contributed by atoms with Crippen molar-refractivity contribution in [2.75, 3.05) is 27.2 Å². The van der Waals surface area contributed by atoms with Gasteiger partial charge in [-0.2, -0.15) is 0 Å². The quantitative estimate of drug-likeness (QED) is 0.720. The number of carbonyl (C=O) groups is 1. The molecule has 0 spiro atoms. The van der Waals surface area contributed by atoms with Gasteiger partial charge in [-0.25, -0.2) is 13.1 Å². The number of benzene rings is 1.